The quantitative estimate of drug-likeness (QED) is 0.344. The van der Waals surface area contributed by atoms with E-state index in [1.807, 2.05) is 6.07 Å². The Hall–Kier alpha value is -3.60. The highest BCUT2D eigenvalue weighted by Gasteiger charge is 2.18. The average molecular weight is 330 g/mol. The van der Waals surface area contributed by atoms with Crippen LogP contribution >= 0.6 is 0 Å². The van der Waals surface area contributed by atoms with Crippen LogP contribution in [0.15, 0.2) is 73.0 Å². The van der Waals surface area contributed by atoms with Gasteiger partial charge >= 0.3 is 5.63 Å². The van der Waals surface area contributed by atoms with Gasteiger partial charge in [0.2, 0.25) is 0 Å². The Bertz CT molecular complexity index is 1440. The minimum atomic E-state index is -0.688. The zero-order valence-electron chi connectivity index (χ0n) is 12.8. The molecule has 0 bridgehead atoms. The number of hydrogen-bond donors (Lipinski definition) is 1. The first kappa shape index (κ1) is 13.8. The van der Waals surface area contributed by atoms with E-state index < -0.39 is 11.6 Å². The molecule has 2 heterocycles. The van der Waals surface area contributed by atoms with Crippen molar-refractivity contribution in [3.05, 3.63) is 75.2 Å². The van der Waals surface area contributed by atoms with Gasteiger partial charge in [0.1, 0.15) is 16.6 Å². The molecule has 0 amide bonds. The first-order valence-corrected chi connectivity index (χ1v) is 7.67. The van der Waals surface area contributed by atoms with Gasteiger partial charge in [-0.15, -0.1) is 0 Å². The van der Waals surface area contributed by atoms with Crippen molar-refractivity contribution in [3.63, 3.8) is 0 Å². The topological polar surface area (TPSA) is 80.7 Å². The molecule has 0 saturated carbocycles. The fourth-order valence-electron chi connectivity index (χ4n) is 3.38. The number of benzene rings is 3. The number of fused-ring (bicyclic) bond motifs is 7. The summed E-state index contributed by atoms with van der Waals surface area (Å²) >= 11 is 0. The lowest BCUT2D eigenvalue weighted by molar-refractivity contribution is 0.346. The Labute approximate surface area is 139 Å². The van der Waals surface area contributed by atoms with Gasteiger partial charge in [-0.25, -0.2) is 4.79 Å². The van der Waals surface area contributed by atoms with Gasteiger partial charge in [0.15, 0.2) is 5.43 Å². The molecule has 0 atom stereocenters. The van der Waals surface area contributed by atoms with Crippen molar-refractivity contribution in [1.82, 2.24) is 0 Å². The van der Waals surface area contributed by atoms with E-state index in [1.54, 1.807) is 36.4 Å². The van der Waals surface area contributed by atoms with E-state index in [4.69, 9.17) is 8.83 Å². The van der Waals surface area contributed by atoms with Crippen molar-refractivity contribution >= 4 is 43.5 Å². The van der Waals surface area contributed by atoms with Crippen molar-refractivity contribution in [2.75, 3.05) is 0 Å². The summed E-state index contributed by atoms with van der Waals surface area (Å²) in [4.78, 5) is 24.3. The van der Waals surface area contributed by atoms with Crippen molar-refractivity contribution in [2.45, 2.75) is 0 Å². The normalized spacial score (nSPS) is 11.7. The van der Waals surface area contributed by atoms with Gasteiger partial charge in [-0.3, -0.25) is 4.79 Å². The molecule has 0 fully saturated rings. The monoisotopic (exact) mass is 330 g/mol. The van der Waals surface area contributed by atoms with E-state index in [9.17, 15) is 14.7 Å². The highest BCUT2D eigenvalue weighted by Crippen LogP contribution is 2.38. The molecule has 3 aromatic carbocycles. The first-order valence-electron chi connectivity index (χ1n) is 7.67. The van der Waals surface area contributed by atoms with E-state index >= 15 is 0 Å². The third-order valence-corrected chi connectivity index (χ3v) is 4.44. The summed E-state index contributed by atoms with van der Waals surface area (Å²) in [6, 6.07) is 15.3. The van der Waals surface area contributed by atoms with Crippen LogP contribution in [0.25, 0.3) is 43.5 Å². The molecule has 0 unspecified atom stereocenters. The van der Waals surface area contributed by atoms with Gasteiger partial charge in [0, 0.05) is 16.2 Å². The Morgan fingerprint density at radius 3 is 2.40 bits per heavy atom. The van der Waals surface area contributed by atoms with Crippen LogP contribution in [0.4, 0.5) is 0 Å². The molecule has 0 aliphatic heterocycles. The van der Waals surface area contributed by atoms with Crippen LogP contribution in [0.2, 0.25) is 0 Å². The first-order chi connectivity index (χ1) is 12.1. The Morgan fingerprint density at radius 1 is 0.720 bits per heavy atom. The molecule has 2 aromatic heterocycles. The van der Waals surface area contributed by atoms with Crippen LogP contribution < -0.4 is 11.1 Å². The van der Waals surface area contributed by atoms with Crippen molar-refractivity contribution < 1.29 is 13.9 Å². The summed E-state index contributed by atoms with van der Waals surface area (Å²) in [5.74, 6) is -0.500. The molecule has 120 valence electrons. The minimum Gasteiger partial charge on any atom is -0.480 e. The summed E-state index contributed by atoms with van der Waals surface area (Å²) in [5.41, 5.74) is -0.0401. The molecular formula is C20H10O5. The SMILES string of the molecule is O=c1ccc2ccc3oc(=O)c4c(O)oc5ccccc5c4c3c2c1. The van der Waals surface area contributed by atoms with Crippen LogP contribution in [0.3, 0.4) is 0 Å². The zero-order valence-corrected chi connectivity index (χ0v) is 12.8. The highest BCUT2D eigenvalue weighted by molar-refractivity contribution is 6.25. The molecule has 5 heteroatoms. The Morgan fingerprint density at radius 2 is 1.52 bits per heavy atom. The number of rotatable bonds is 0. The summed E-state index contributed by atoms with van der Waals surface area (Å²) in [6.07, 6.45) is 0. The number of hydrogen-bond acceptors (Lipinski definition) is 5. The molecule has 0 spiro atoms. The Balaban J connectivity index is 2.26. The maximum atomic E-state index is 12.4. The second-order valence-electron chi connectivity index (χ2n) is 5.86. The maximum Gasteiger partial charge on any atom is 0.351 e. The molecular weight excluding hydrogens is 320 g/mol. The largest absolute Gasteiger partial charge is 0.480 e. The van der Waals surface area contributed by atoms with Crippen LogP contribution in [-0.2, 0) is 0 Å². The average Bonchev–Trinajstić information content (AvgIpc) is 2.60. The van der Waals surface area contributed by atoms with Gasteiger partial charge in [-0.1, -0.05) is 30.3 Å². The third kappa shape index (κ3) is 1.83. The minimum absolute atomic E-state index is 0.0324. The fraction of sp³-hybridized carbons (Fsp3) is 0. The van der Waals surface area contributed by atoms with Gasteiger partial charge in [0.05, 0.1) is 0 Å². The molecule has 0 radical (unpaired) electrons. The maximum absolute atomic E-state index is 12.4. The summed E-state index contributed by atoms with van der Waals surface area (Å²) in [7, 11) is 0. The van der Waals surface area contributed by atoms with Crippen molar-refractivity contribution in [3.8, 4) is 5.95 Å². The molecule has 25 heavy (non-hydrogen) atoms. The van der Waals surface area contributed by atoms with Gasteiger partial charge < -0.3 is 13.9 Å². The van der Waals surface area contributed by atoms with E-state index in [2.05, 4.69) is 0 Å². The molecule has 5 rings (SSSR count). The Kier molecular flexibility index (Phi) is 2.60. The molecule has 1 N–H and O–H groups in total. The lowest BCUT2D eigenvalue weighted by atomic mass is 9.99. The number of para-hydroxylation sites is 1. The zero-order chi connectivity index (χ0) is 17.1. The smallest absolute Gasteiger partial charge is 0.351 e. The summed E-state index contributed by atoms with van der Waals surface area (Å²) < 4.78 is 10.7. The third-order valence-electron chi connectivity index (χ3n) is 4.44. The lowest BCUT2D eigenvalue weighted by Crippen LogP contribution is -2.02. The van der Waals surface area contributed by atoms with Gasteiger partial charge in [0.25, 0.3) is 5.95 Å². The molecule has 5 nitrogen and oxygen atoms in total. The van der Waals surface area contributed by atoms with E-state index in [0.29, 0.717) is 32.7 Å². The molecule has 0 aliphatic rings. The van der Waals surface area contributed by atoms with E-state index in [-0.39, 0.29) is 10.8 Å². The molecule has 0 aliphatic carbocycles. The van der Waals surface area contributed by atoms with Crippen LogP contribution in [0.5, 0.6) is 5.95 Å². The second kappa shape index (κ2) is 4.70. The van der Waals surface area contributed by atoms with Gasteiger partial charge in [-0.2, -0.15) is 0 Å². The molecule has 5 aromatic rings. The lowest BCUT2D eigenvalue weighted by Gasteiger charge is -2.09. The fourth-order valence-corrected chi connectivity index (χ4v) is 3.38. The highest BCUT2D eigenvalue weighted by atomic mass is 16.5. The van der Waals surface area contributed by atoms with E-state index in [1.165, 1.54) is 12.1 Å². The number of aromatic hydroxyl groups is 1. The van der Waals surface area contributed by atoms with Crippen LogP contribution in [0, 0.1) is 0 Å². The van der Waals surface area contributed by atoms with Crippen LogP contribution in [0.1, 0.15) is 0 Å². The van der Waals surface area contributed by atoms with Crippen molar-refractivity contribution in [1.29, 1.82) is 0 Å². The molecule has 0 saturated heterocycles. The van der Waals surface area contributed by atoms with Crippen LogP contribution in [-0.4, -0.2) is 5.11 Å². The van der Waals surface area contributed by atoms with Gasteiger partial charge in [-0.05, 0) is 35.0 Å². The second-order valence-corrected chi connectivity index (χ2v) is 5.86. The predicted octanol–water partition coefficient (Wildman–Crippen LogP) is 3.91. The standard InChI is InChI=1S/C20H10O5/c21-11-7-5-10-6-8-15-16(13(10)9-11)17-12-3-1-2-4-14(12)24-19(22)18(17)20(23)25-15/h1-9,22H. The summed E-state index contributed by atoms with van der Waals surface area (Å²) in [5, 5.41) is 13.5. The van der Waals surface area contributed by atoms with E-state index in [0.717, 1.165) is 5.39 Å². The summed E-state index contributed by atoms with van der Waals surface area (Å²) in [6.45, 7) is 0. The van der Waals surface area contributed by atoms with Crippen molar-refractivity contribution in [2.24, 2.45) is 0 Å². The predicted molar refractivity (Wildman–Crippen MR) is 95.2 cm³/mol.